The molecule has 0 atom stereocenters. The molecule has 0 saturated heterocycles. The standard InChI is InChI=1S/C13H16N4OS/c14-12-5-6-16(15-12)9-13(18)17(10-3-4-10)8-11-2-1-7-19-11/h1-2,5-7,10H,3-4,8-9H2,(H2,14,15). The van der Waals surface area contributed by atoms with Crippen LogP contribution in [-0.4, -0.2) is 26.6 Å². The summed E-state index contributed by atoms with van der Waals surface area (Å²) in [7, 11) is 0. The van der Waals surface area contributed by atoms with Crippen molar-refractivity contribution in [1.29, 1.82) is 0 Å². The van der Waals surface area contributed by atoms with Crippen molar-refractivity contribution < 1.29 is 4.79 Å². The molecule has 1 aliphatic carbocycles. The van der Waals surface area contributed by atoms with Gasteiger partial charge in [0.25, 0.3) is 0 Å². The third-order valence-electron chi connectivity index (χ3n) is 3.17. The molecule has 0 aromatic carbocycles. The van der Waals surface area contributed by atoms with Crippen LogP contribution >= 0.6 is 11.3 Å². The molecule has 2 N–H and O–H groups in total. The van der Waals surface area contributed by atoms with Crippen LogP contribution in [-0.2, 0) is 17.9 Å². The van der Waals surface area contributed by atoms with Gasteiger partial charge in [-0.1, -0.05) is 6.07 Å². The summed E-state index contributed by atoms with van der Waals surface area (Å²) in [4.78, 5) is 15.5. The molecule has 2 heterocycles. The van der Waals surface area contributed by atoms with Crippen LogP contribution in [0.25, 0.3) is 0 Å². The van der Waals surface area contributed by atoms with Crippen LogP contribution in [0.1, 0.15) is 17.7 Å². The molecule has 6 heteroatoms. The molecule has 0 bridgehead atoms. The van der Waals surface area contributed by atoms with Gasteiger partial charge in [-0.15, -0.1) is 11.3 Å². The zero-order chi connectivity index (χ0) is 13.2. The minimum Gasteiger partial charge on any atom is -0.382 e. The molecule has 1 fully saturated rings. The van der Waals surface area contributed by atoms with Gasteiger partial charge in [0.15, 0.2) is 0 Å². The Kier molecular flexibility index (Phi) is 3.25. The van der Waals surface area contributed by atoms with E-state index in [9.17, 15) is 4.79 Å². The summed E-state index contributed by atoms with van der Waals surface area (Å²) in [5.74, 6) is 0.558. The van der Waals surface area contributed by atoms with Gasteiger partial charge in [-0.05, 0) is 30.4 Å². The number of carbonyl (C=O) groups is 1. The van der Waals surface area contributed by atoms with Crippen molar-refractivity contribution in [3.8, 4) is 0 Å². The number of nitrogens with two attached hydrogens (primary N) is 1. The first-order chi connectivity index (χ1) is 9.22. The smallest absolute Gasteiger partial charge is 0.244 e. The molecule has 2 aromatic rings. The largest absolute Gasteiger partial charge is 0.382 e. The van der Waals surface area contributed by atoms with E-state index < -0.39 is 0 Å². The quantitative estimate of drug-likeness (QED) is 0.904. The Balaban J connectivity index is 1.67. The molecule has 1 amide bonds. The summed E-state index contributed by atoms with van der Waals surface area (Å²) < 4.78 is 1.60. The monoisotopic (exact) mass is 276 g/mol. The third-order valence-corrected chi connectivity index (χ3v) is 4.03. The maximum absolute atomic E-state index is 12.4. The van der Waals surface area contributed by atoms with Gasteiger partial charge in [-0.2, -0.15) is 5.10 Å². The van der Waals surface area contributed by atoms with E-state index in [2.05, 4.69) is 11.2 Å². The van der Waals surface area contributed by atoms with Crippen molar-refractivity contribution in [1.82, 2.24) is 14.7 Å². The first-order valence-electron chi connectivity index (χ1n) is 6.33. The average Bonchev–Trinajstić information content (AvgIpc) is 2.93. The maximum Gasteiger partial charge on any atom is 0.244 e. The predicted octanol–water partition coefficient (Wildman–Crippen LogP) is 1.72. The number of nitrogen functional groups attached to an aromatic ring is 1. The van der Waals surface area contributed by atoms with E-state index >= 15 is 0 Å². The minimum atomic E-state index is 0.110. The molecule has 2 aromatic heterocycles. The molecule has 3 rings (SSSR count). The summed E-state index contributed by atoms with van der Waals surface area (Å²) in [6, 6.07) is 6.19. The summed E-state index contributed by atoms with van der Waals surface area (Å²) in [6.45, 7) is 0.969. The summed E-state index contributed by atoms with van der Waals surface area (Å²) >= 11 is 1.69. The number of anilines is 1. The second-order valence-electron chi connectivity index (χ2n) is 4.77. The Bertz CT molecular complexity index is 559. The molecule has 0 aliphatic heterocycles. The lowest BCUT2D eigenvalue weighted by Crippen LogP contribution is -2.35. The molecule has 1 aliphatic rings. The lowest BCUT2D eigenvalue weighted by atomic mass is 10.3. The lowest BCUT2D eigenvalue weighted by molar-refractivity contribution is -0.133. The van der Waals surface area contributed by atoms with Crippen LogP contribution in [0.15, 0.2) is 29.8 Å². The number of nitrogens with zero attached hydrogens (tertiary/aromatic N) is 3. The maximum atomic E-state index is 12.4. The van der Waals surface area contributed by atoms with Crippen molar-refractivity contribution >= 4 is 23.1 Å². The van der Waals surface area contributed by atoms with E-state index in [1.165, 1.54) is 4.88 Å². The van der Waals surface area contributed by atoms with Gasteiger partial charge in [-0.25, -0.2) is 0 Å². The number of hydrogen-bond donors (Lipinski definition) is 1. The topological polar surface area (TPSA) is 64.2 Å². The van der Waals surface area contributed by atoms with E-state index in [1.54, 1.807) is 28.3 Å². The zero-order valence-electron chi connectivity index (χ0n) is 10.5. The van der Waals surface area contributed by atoms with Crippen LogP contribution in [0.4, 0.5) is 5.82 Å². The molecular formula is C13H16N4OS. The van der Waals surface area contributed by atoms with Crippen LogP contribution in [0, 0.1) is 0 Å². The van der Waals surface area contributed by atoms with Crippen LogP contribution in [0.2, 0.25) is 0 Å². The Morgan fingerprint density at radius 2 is 2.37 bits per heavy atom. The van der Waals surface area contributed by atoms with Gasteiger partial charge < -0.3 is 10.6 Å². The highest BCUT2D eigenvalue weighted by atomic mass is 32.1. The Labute approximate surface area is 115 Å². The van der Waals surface area contributed by atoms with Gasteiger partial charge in [0.05, 0.1) is 6.54 Å². The van der Waals surface area contributed by atoms with E-state index in [0.29, 0.717) is 18.4 Å². The van der Waals surface area contributed by atoms with Gasteiger partial charge in [0.1, 0.15) is 12.4 Å². The van der Waals surface area contributed by atoms with Gasteiger partial charge >= 0.3 is 0 Å². The van der Waals surface area contributed by atoms with Crippen molar-refractivity contribution in [3.05, 3.63) is 34.7 Å². The first-order valence-corrected chi connectivity index (χ1v) is 7.21. The number of hydrogen-bond acceptors (Lipinski definition) is 4. The number of rotatable bonds is 5. The molecule has 0 unspecified atom stereocenters. The van der Waals surface area contributed by atoms with Gasteiger partial charge in [-0.3, -0.25) is 9.48 Å². The summed E-state index contributed by atoms with van der Waals surface area (Å²) in [5.41, 5.74) is 5.56. The highest BCUT2D eigenvalue weighted by Gasteiger charge is 2.32. The SMILES string of the molecule is Nc1ccn(CC(=O)N(Cc2cccs2)C2CC2)n1. The summed E-state index contributed by atoms with van der Waals surface area (Å²) in [5, 5.41) is 6.10. The second kappa shape index (κ2) is 5.05. The van der Waals surface area contributed by atoms with Crippen molar-refractivity contribution in [2.45, 2.75) is 32.0 Å². The lowest BCUT2D eigenvalue weighted by Gasteiger charge is -2.21. The first kappa shape index (κ1) is 12.2. The third kappa shape index (κ3) is 2.96. The van der Waals surface area contributed by atoms with Gasteiger partial charge in [0.2, 0.25) is 5.91 Å². The fourth-order valence-electron chi connectivity index (χ4n) is 2.07. The van der Waals surface area contributed by atoms with E-state index in [-0.39, 0.29) is 12.5 Å². The number of amides is 1. The summed E-state index contributed by atoms with van der Waals surface area (Å²) in [6.07, 6.45) is 3.96. The molecule has 0 spiro atoms. The molecule has 1 saturated carbocycles. The average molecular weight is 276 g/mol. The van der Waals surface area contributed by atoms with Crippen LogP contribution in [0.3, 0.4) is 0 Å². The van der Waals surface area contributed by atoms with Crippen molar-refractivity contribution in [3.63, 3.8) is 0 Å². The zero-order valence-corrected chi connectivity index (χ0v) is 11.3. The van der Waals surface area contributed by atoms with Crippen molar-refractivity contribution in [2.24, 2.45) is 0 Å². The Hall–Kier alpha value is -1.82. The highest BCUT2D eigenvalue weighted by Crippen LogP contribution is 2.29. The minimum absolute atomic E-state index is 0.110. The Morgan fingerprint density at radius 3 is 2.95 bits per heavy atom. The number of thiophene rings is 1. The predicted molar refractivity (Wildman–Crippen MR) is 74.5 cm³/mol. The second-order valence-corrected chi connectivity index (χ2v) is 5.80. The highest BCUT2D eigenvalue weighted by molar-refractivity contribution is 7.09. The number of carbonyl (C=O) groups excluding carboxylic acids is 1. The fourth-order valence-corrected chi connectivity index (χ4v) is 2.78. The Morgan fingerprint density at radius 1 is 1.53 bits per heavy atom. The van der Waals surface area contributed by atoms with E-state index in [1.807, 2.05) is 16.3 Å². The normalized spacial score (nSPS) is 14.5. The van der Waals surface area contributed by atoms with Crippen LogP contribution in [0.5, 0.6) is 0 Å². The van der Waals surface area contributed by atoms with E-state index in [0.717, 1.165) is 12.8 Å². The van der Waals surface area contributed by atoms with Crippen molar-refractivity contribution in [2.75, 3.05) is 5.73 Å². The molecule has 19 heavy (non-hydrogen) atoms. The fraction of sp³-hybridized carbons (Fsp3) is 0.385. The molecule has 0 radical (unpaired) electrons. The van der Waals surface area contributed by atoms with Gasteiger partial charge in [0, 0.05) is 17.1 Å². The van der Waals surface area contributed by atoms with E-state index in [4.69, 9.17) is 5.73 Å². The molecule has 100 valence electrons. The molecule has 5 nitrogen and oxygen atoms in total. The van der Waals surface area contributed by atoms with Crippen LogP contribution < -0.4 is 5.73 Å². The molecular weight excluding hydrogens is 260 g/mol. The number of aromatic nitrogens is 2.